The van der Waals surface area contributed by atoms with E-state index in [1.165, 1.54) is 37.7 Å². The Hall–Kier alpha value is -2.74. The Balaban J connectivity index is 1.87. The summed E-state index contributed by atoms with van der Waals surface area (Å²) in [7, 11) is 3.18. The van der Waals surface area contributed by atoms with Gasteiger partial charge in [-0.25, -0.2) is 14.4 Å². The Bertz CT molecular complexity index is 779. The number of hydrogen-bond donors (Lipinski definition) is 3. The number of hydrogen-bond acceptors (Lipinski definition) is 6. The zero-order valence-corrected chi connectivity index (χ0v) is 14.6. The topological polar surface area (TPSA) is 96.4 Å². The predicted octanol–water partition coefficient (Wildman–Crippen LogP) is 1.91. The van der Waals surface area contributed by atoms with Crippen molar-refractivity contribution in [2.75, 3.05) is 19.5 Å². The molecule has 2 aromatic rings. The SMILES string of the molecule is CNc1ncc(C(=O)NC(c2cc(F)ccc2OC)C2CC(O)C2)cn1. The third-order valence-electron chi connectivity index (χ3n) is 4.57. The van der Waals surface area contributed by atoms with Gasteiger partial charge in [-0.2, -0.15) is 0 Å². The van der Waals surface area contributed by atoms with Gasteiger partial charge in [0.2, 0.25) is 5.95 Å². The molecule has 26 heavy (non-hydrogen) atoms. The second-order valence-electron chi connectivity index (χ2n) is 6.27. The molecule has 138 valence electrons. The number of rotatable bonds is 6. The van der Waals surface area contributed by atoms with Crippen molar-refractivity contribution in [1.29, 1.82) is 0 Å². The highest BCUT2D eigenvalue weighted by Gasteiger charge is 2.37. The lowest BCUT2D eigenvalue weighted by Gasteiger charge is -2.38. The van der Waals surface area contributed by atoms with Crippen LogP contribution in [0, 0.1) is 11.7 Å². The molecule has 1 heterocycles. The van der Waals surface area contributed by atoms with E-state index < -0.39 is 18.0 Å². The molecular formula is C18H21FN4O3. The molecule has 0 bridgehead atoms. The first-order valence-corrected chi connectivity index (χ1v) is 8.34. The molecule has 1 amide bonds. The fourth-order valence-corrected chi connectivity index (χ4v) is 3.10. The number of ether oxygens (including phenoxy) is 1. The number of benzene rings is 1. The maximum Gasteiger partial charge on any atom is 0.254 e. The highest BCUT2D eigenvalue weighted by atomic mass is 19.1. The summed E-state index contributed by atoms with van der Waals surface area (Å²) in [5.74, 6) is 0.0982. The second-order valence-corrected chi connectivity index (χ2v) is 6.27. The van der Waals surface area contributed by atoms with Crippen molar-refractivity contribution in [2.45, 2.75) is 25.0 Å². The Morgan fingerprint density at radius 3 is 2.62 bits per heavy atom. The minimum Gasteiger partial charge on any atom is -0.496 e. The summed E-state index contributed by atoms with van der Waals surface area (Å²) in [6, 6.07) is 3.71. The molecule has 7 nitrogen and oxygen atoms in total. The van der Waals surface area contributed by atoms with Gasteiger partial charge in [-0.1, -0.05) is 0 Å². The number of aromatic nitrogens is 2. The van der Waals surface area contributed by atoms with E-state index in [2.05, 4.69) is 20.6 Å². The third-order valence-corrected chi connectivity index (χ3v) is 4.57. The van der Waals surface area contributed by atoms with E-state index in [4.69, 9.17) is 4.74 Å². The molecule has 0 aliphatic heterocycles. The Kier molecular flexibility index (Phi) is 5.32. The quantitative estimate of drug-likeness (QED) is 0.728. The van der Waals surface area contributed by atoms with Gasteiger partial charge in [0.05, 0.1) is 24.8 Å². The summed E-state index contributed by atoms with van der Waals surface area (Å²) in [4.78, 5) is 20.7. The number of carbonyl (C=O) groups is 1. The van der Waals surface area contributed by atoms with Crippen LogP contribution in [0.5, 0.6) is 5.75 Å². The molecule has 0 saturated heterocycles. The van der Waals surface area contributed by atoms with Crippen LogP contribution in [-0.2, 0) is 0 Å². The Morgan fingerprint density at radius 1 is 1.35 bits per heavy atom. The molecule has 1 aliphatic carbocycles. The molecule has 1 fully saturated rings. The van der Waals surface area contributed by atoms with E-state index in [1.54, 1.807) is 7.05 Å². The molecule has 3 rings (SSSR count). The lowest BCUT2D eigenvalue weighted by molar-refractivity contribution is 0.0231. The average Bonchev–Trinajstić information content (AvgIpc) is 2.63. The van der Waals surface area contributed by atoms with E-state index in [-0.39, 0.29) is 11.8 Å². The minimum absolute atomic E-state index is 0.0119. The van der Waals surface area contributed by atoms with Gasteiger partial charge in [0.25, 0.3) is 5.91 Å². The molecule has 1 aromatic carbocycles. The molecule has 1 aliphatic rings. The van der Waals surface area contributed by atoms with Crippen LogP contribution in [0.25, 0.3) is 0 Å². The molecule has 0 radical (unpaired) electrons. The summed E-state index contributed by atoms with van der Waals surface area (Å²) in [6.07, 6.45) is 3.49. The molecular weight excluding hydrogens is 339 g/mol. The summed E-state index contributed by atoms with van der Waals surface area (Å²) >= 11 is 0. The summed E-state index contributed by atoms with van der Waals surface area (Å²) in [5, 5.41) is 15.4. The first-order valence-electron chi connectivity index (χ1n) is 8.34. The van der Waals surface area contributed by atoms with Gasteiger partial charge >= 0.3 is 0 Å². The van der Waals surface area contributed by atoms with E-state index in [1.807, 2.05) is 0 Å². The van der Waals surface area contributed by atoms with Crippen LogP contribution >= 0.6 is 0 Å². The van der Waals surface area contributed by atoms with E-state index in [0.29, 0.717) is 35.7 Å². The zero-order chi connectivity index (χ0) is 18.7. The highest BCUT2D eigenvalue weighted by molar-refractivity contribution is 5.94. The van der Waals surface area contributed by atoms with E-state index >= 15 is 0 Å². The lowest BCUT2D eigenvalue weighted by atomic mass is 9.74. The Labute approximate surface area is 150 Å². The van der Waals surface area contributed by atoms with Crippen molar-refractivity contribution >= 4 is 11.9 Å². The normalized spacial score (nSPS) is 20.0. The standard InChI is InChI=1S/C18H21FN4O3/c1-20-18-21-8-11(9-22-18)17(25)23-16(10-5-13(24)6-10)14-7-12(19)3-4-15(14)26-2/h3-4,7-10,13,16,24H,5-6H2,1-2H3,(H,23,25)(H,20,21,22). The van der Waals surface area contributed by atoms with Gasteiger partial charge in [0.15, 0.2) is 0 Å². The van der Waals surface area contributed by atoms with Gasteiger partial charge in [0.1, 0.15) is 11.6 Å². The predicted molar refractivity (Wildman–Crippen MR) is 93.5 cm³/mol. The Morgan fingerprint density at radius 2 is 2.04 bits per heavy atom. The molecule has 3 N–H and O–H groups in total. The van der Waals surface area contributed by atoms with Gasteiger partial charge in [-0.3, -0.25) is 4.79 Å². The number of amides is 1. The van der Waals surface area contributed by atoms with Gasteiger partial charge in [-0.05, 0) is 37.0 Å². The summed E-state index contributed by atoms with van der Waals surface area (Å²) in [5.41, 5.74) is 0.842. The number of methoxy groups -OCH3 is 1. The molecule has 1 saturated carbocycles. The van der Waals surface area contributed by atoms with Crippen LogP contribution in [0.2, 0.25) is 0 Å². The van der Waals surface area contributed by atoms with Crippen LogP contribution in [0.1, 0.15) is 34.8 Å². The van der Waals surface area contributed by atoms with Crippen molar-refractivity contribution in [3.8, 4) is 5.75 Å². The smallest absolute Gasteiger partial charge is 0.254 e. The van der Waals surface area contributed by atoms with E-state index in [9.17, 15) is 14.3 Å². The fourth-order valence-electron chi connectivity index (χ4n) is 3.10. The second kappa shape index (κ2) is 7.65. The monoisotopic (exact) mass is 360 g/mol. The largest absolute Gasteiger partial charge is 0.496 e. The van der Waals surface area contributed by atoms with Gasteiger partial charge in [-0.15, -0.1) is 0 Å². The van der Waals surface area contributed by atoms with Crippen molar-refractivity contribution in [2.24, 2.45) is 5.92 Å². The molecule has 1 aromatic heterocycles. The number of aliphatic hydroxyl groups excluding tert-OH is 1. The molecule has 1 atom stereocenters. The van der Waals surface area contributed by atoms with Crippen molar-refractivity contribution in [3.63, 3.8) is 0 Å². The maximum absolute atomic E-state index is 13.8. The number of anilines is 1. The van der Waals surface area contributed by atoms with Crippen LogP contribution in [-0.4, -0.2) is 41.2 Å². The first kappa shape index (κ1) is 18.1. The first-order chi connectivity index (χ1) is 12.5. The summed E-state index contributed by atoms with van der Waals surface area (Å²) < 4.78 is 19.1. The molecule has 8 heteroatoms. The van der Waals surface area contributed by atoms with Gasteiger partial charge < -0.3 is 20.5 Å². The minimum atomic E-state index is -0.486. The van der Waals surface area contributed by atoms with Gasteiger partial charge in [0, 0.05) is 25.0 Å². The zero-order valence-electron chi connectivity index (χ0n) is 14.6. The summed E-state index contributed by atoms with van der Waals surface area (Å²) in [6.45, 7) is 0. The number of halogens is 1. The lowest BCUT2D eigenvalue weighted by Crippen LogP contribution is -2.41. The van der Waals surface area contributed by atoms with E-state index in [0.717, 1.165) is 0 Å². The number of carbonyl (C=O) groups excluding carboxylic acids is 1. The third kappa shape index (κ3) is 3.75. The van der Waals surface area contributed by atoms with Crippen LogP contribution < -0.4 is 15.4 Å². The van der Waals surface area contributed by atoms with Crippen molar-refractivity contribution < 1.29 is 19.0 Å². The molecule has 0 spiro atoms. The van der Waals surface area contributed by atoms with Crippen LogP contribution in [0.15, 0.2) is 30.6 Å². The van der Waals surface area contributed by atoms with Crippen LogP contribution in [0.4, 0.5) is 10.3 Å². The number of aliphatic hydroxyl groups is 1. The van der Waals surface area contributed by atoms with Crippen LogP contribution in [0.3, 0.4) is 0 Å². The highest BCUT2D eigenvalue weighted by Crippen LogP contribution is 2.41. The number of nitrogens with one attached hydrogen (secondary N) is 2. The molecule has 1 unspecified atom stereocenters. The van der Waals surface area contributed by atoms with Crippen molar-refractivity contribution in [1.82, 2.24) is 15.3 Å². The number of nitrogens with zero attached hydrogens (tertiary/aromatic N) is 2. The maximum atomic E-state index is 13.8. The average molecular weight is 360 g/mol. The van der Waals surface area contributed by atoms with Crippen molar-refractivity contribution in [3.05, 3.63) is 47.5 Å². The fraction of sp³-hybridized carbons (Fsp3) is 0.389.